The summed E-state index contributed by atoms with van der Waals surface area (Å²) in [6.45, 7) is 0.386. The molecule has 0 aliphatic heterocycles. The monoisotopic (exact) mass is 421 g/mol. The molecule has 152 valence electrons. The molecule has 4 rings (SSSR count). The van der Waals surface area contributed by atoms with E-state index in [0.717, 1.165) is 11.1 Å². The minimum Gasteiger partial charge on any atom is -0.508 e. The Morgan fingerprint density at radius 2 is 1.67 bits per heavy atom. The number of carbonyl (C=O) groups excluding carboxylic acids is 1. The summed E-state index contributed by atoms with van der Waals surface area (Å²) in [6.07, 6.45) is 1.17. The van der Waals surface area contributed by atoms with Gasteiger partial charge in [0.2, 0.25) is 0 Å². The minimum atomic E-state index is -3.26. The van der Waals surface area contributed by atoms with Crippen molar-refractivity contribution in [2.24, 2.45) is 0 Å². The van der Waals surface area contributed by atoms with E-state index in [1.54, 1.807) is 41.1 Å². The second-order valence-corrected chi connectivity index (χ2v) is 8.96. The number of anilines is 1. The number of aromatic nitrogens is 2. The molecule has 2 N–H and O–H groups in total. The third-order valence-corrected chi connectivity index (χ3v) is 5.81. The molecule has 0 aliphatic carbocycles. The minimum absolute atomic E-state index is 0.115. The highest BCUT2D eigenvalue weighted by molar-refractivity contribution is 7.90. The average Bonchev–Trinajstić information content (AvgIpc) is 3.08. The summed E-state index contributed by atoms with van der Waals surface area (Å²) in [5.74, 6) is -0.243. The number of sulfone groups is 1. The summed E-state index contributed by atoms with van der Waals surface area (Å²) in [5, 5.41) is 17.4. The van der Waals surface area contributed by atoms with Crippen LogP contribution in [0.25, 0.3) is 10.9 Å². The lowest BCUT2D eigenvalue weighted by molar-refractivity contribution is 0.102. The van der Waals surface area contributed by atoms with E-state index >= 15 is 0 Å². The maximum absolute atomic E-state index is 12.8. The second kappa shape index (κ2) is 7.64. The van der Waals surface area contributed by atoms with Gasteiger partial charge in [-0.05, 0) is 48.0 Å². The lowest BCUT2D eigenvalue weighted by Crippen LogP contribution is -2.13. The largest absolute Gasteiger partial charge is 0.508 e. The van der Waals surface area contributed by atoms with Gasteiger partial charge in [0.15, 0.2) is 15.5 Å². The molecule has 0 spiro atoms. The van der Waals surface area contributed by atoms with Crippen molar-refractivity contribution in [2.75, 3.05) is 11.6 Å². The number of para-hydroxylation sites is 1. The normalized spacial score (nSPS) is 11.5. The number of nitrogens with one attached hydrogen (secondary N) is 1. The number of carbonyl (C=O) groups is 1. The van der Waals surface area contributed by atoms with Gasteiger partial charge in [0.05, 0.1) is 17.0 Å². The van der Waals surface area contributed by atoms with Crippen molar-refractivity contribution in [3.05, 3.63) is 84.1 Å². The van der Waals surface area contributed by atoms with Crippen LogP contribution in [0.3, 0.4) is 0 Å². The molecule has 0 saturated carbocycles. The fourth-order valence-corrected chi connectivity index (χ4v) is 3.80. The molecule has 4 aromatic rings. The van der Waals surface area contributed by atoms with Crippen molar-refractivity contribution in [3.63, 3.8) is 0 Å². The summed E-state index contributed by atoms with van der Waals surface area (Å²) < 4.78 is 25.0. The van der Waals surface area contributed by atoms with Crippen LogP contribution in [0.2, 0.25) is 0 Å². The molecule has 7 nitrogen and oxygen atoms in total. The van der Waals surface area contributed by atoms with Crippen LogP contribution < -0.4 is 5.32 Å². The first-order valence-corrected chi connectivity index (χ1v) is 11.1. The lowest BCUT2D eigenvalue weighted by atomic mass is 10.2. The van der Waals surface area contributed by atoms with Gasteiger partial charge in [0, 0.05) is 17.3 Å². The van der Waals surface area contributed by atoms with Crippen molar-refractivity contribution in [1.29, 1.82) is 0 Å². The molecule has 0 bridgehead atoms. The van der Waals surface area contributed by atoms with Crippen LogP contribution in [0.15, 0.2) is 77.7 Å². The first-order chi connectivity index (χ1) is 14.3. The van der Waals surface area contributed by atoms with E-state index < -0.39 is 9.84 Å². The molecule has 3 aromatic carbocycles. The summed E-state index contributed by atoms with van der Waals surface area (Å²) in [7, 11) is -3.26. The van der Waals surface area contributed by atoms with Gasteiger partial charge in [0.1, 0.15) is 5.75 Å². The van der Waals surface area contributed by atoms with Crippen LogP contribution >= 0.6 is 0 Å². The zero-order valence-electron chi connectivity index (χ0n) is 16.1. The van der Waals surface area contributed by atoms with Crippen LogP contribution in [-0.4, -0.2) is 35.5 Å². The fourth-order valence-electron chi connectivity index (χ4n) is 3.17. The number of nitrogens with zero attached hydrogens (tertiary/aromatic N) is 2. The summed E-state index contributed by atoms with van der Waals surface area (Å²) in [5.41, 5.74) is 2.49. The molecule has 0 radical (unpaired) electrons. The zero-order valence-corrected chi connectivity index (χ0v) is 16.9. The standard InChI is InChI=1S/C22H19N3O4S/c1-30(28,29)18-12-6-15(7-13-18)14-25-20-5-3-2-4-19(20)21(24-25)22(27)23-16-8-10-17(26)11-9-16/h2-13,26H,14H2,1H3,(H,23,27). The number of hydrogen-bond acceptors (Lipinski definition) is 5. The van der Waals surface area contributed by atoms with Gasteiger partial charge in [-0.1, -0.05) is 30.3 Å². The third-order valence-electron chi connectivity index (χ3n) is 4.68. The van der Waals surface area contributed by atoms with Crippen LogP contribution in [-0.2, 0) is 16.4 Å². The summed E-state index contributed by atoms with van der Waals surface area (Å²) in [6, 6.07) is 20.2. The first kappa shape index (κ1) is 19.7. The number of hydrogen-bond donors (Lipinski definition) is 2. The number of benzene rings is 3. The van der Waals surface area contributed by atoms with Crippen LogP contribution in [0.1, 0.15) is 16.1 Å². The number of fused-ring (bicyclic) bond motifs is 1. The summed E-state index contributed by atoms with van der Waals surface area (Å²) in [4.78, 5) is 13.1. The number of phenols is 1. The van der Waals surface area contributed by atoms with Gasteiger partial charge in [0.25, 0.3) is 5.91 Å². The average molecular weight is 421 g/mol. The Hall–Kier alpha value is -3.65. The van der Waals surface area contributed by atoms with Crippen LogP contribution in [0.5, 0.6) is 5.75 Å². The summed E-state index contributed by atoms with van der Waals surface area (Å²) >= 11 is 0. The third kappa shape index (κ3) is 4.04. The fraction of sp³-hybridized carbons (Fsp3) is 0.0909. The molecule has 0 fully saturated rings. The predicted octanol–water partition coefficient (Wildman–Crippen LogP) is 3.45. The van der Waals surface area contributed by atoms with E-state index in [1.807, 2.05) is 24.3 Å². The Balaban J connectivity index is 1.65. The molecular weight excluding hydrogens is 402 g/mol. The highest BCUT2D eigenvalue weighted by Crippen LogP contribution is 2.22. The Morgan fingerprint density at radius 1 is 1.00 bits per heavy atom. The predicted molar refractivity (Wildman–Crippen MR) is 114 cm³/mol. The molecule has 1 heterocycles. The van der Waals surface area contributed by atoms with Gasteiger partial charge < -0.3 is 10.4 Å². The van der Waals surface area contributed by atoms with Crippen molar-refractivity contribution >= 4 is 32.3 Å². The molecule has 0 aliphatic rings. The van der Waals surface area contributed by atoms with Crippen molar-refractivity contribution in [3.8, 4) is 5.75 Å². The highest BCUT2D eigenvalue weighted by Gasteiger charge is 2.17. The van der Waals surface area contributed by atoms with Crippen molar-refractivity contribution < 1.29 is 18.3 Å². The molecule has 1 aromatic heterocycles. The molecular formula is C22H19N3O4S. The van der Waals surface area contributed by atoms with E-state index in [2.05, 4.69) is 10.4 Å². The molecule has 1 amide bonds. The zero-order chi connectivity index (χ0) is 21.3. The Bertz CT molecular complexity index is 1330. The van der Waals surface area contributed by atoms with E-state index in [0.29, 0.717) is 17.6 Å². The SMILES string of the molecule is CS(=O)(=O)c1ccc(Cn2nc(C(=O)Nc3ccc(O)cc3)c3ccccc32)cc1. The van der Waals surface area contributed by atoms with Gasteiger partial charge in [-0.15, -0.1) is 0 Å². The first-order valence-electron chi connectivity index (χ1n) is 9.16. The number of phenolic OH excluding ortho intramolecular Hbond substituents is 1. The van der Waals surface area contributed by atoms with Gasteiger partial charge in [-0.25, -0.2) is 8.42 Å². The van der Waals surface area contributed by atoms with Crippen molar-refractivity contribution in [1.82, 2.24) is 9.78 Å². The molecule has 0 atom stereocenters. The molecule has 0 saturated heterocycles. The Morgan fingerprint density at radius 3 is 2.33 bits per heavy atom. The van der Waals surface area contributed by atoms with Crippen LogP contribution in [0, 0.1) is 0 Å². The number of rotatable bonds is 5. The second-order valence-electron chi connectivity index (χ2n) is 6.94. The highest BCUT2D eigenvalue weighted by atomic mass is 32.2. The lowest BCUT2D eigenvalue weighted by Gasteiger charge is -2.05. The number of amides is 1. The quantitative estimate of drug-likeness (QED) is 0.481. The smallest absolute Gasteiger partial charge is 0.276 e. The van der Waals surface area contributed by atoms with Crippen LogP contribution in [0.4, 0.5) is 5.69 Å². The maximum Gasteiger partial charge on any atom is 0.276 e. The molecule has 30 heavy (non-hydrogen) atoms. The van der Waals surface area contributed by atoms with Gasteiger partial charge >= 0.3 is 0 Å². The molecule has 0 unspecified atom stereocenters. The maximum atomic E-state index is 12.8. The van der Waals surface area contributed by atoms with Gasteiger partial charge in [-0.2, -0.15) is 5.10 Å². The topological polar surface area (TPSA) is 101 Å². The molecule has 8 heteroatoms. The van der Waals surface area contributed by atoms with E-state index in [9.17, 15) is 18.3 Å². The van der Waals surface area contributed by atoms with E-state index in [-0.39, 0.29) is 22.2 Å². The van der Waals surface area contributed by atoms with E-state index in [4.69, 9.17) is 0 Å². The Labute approximate surface area is 173 Å². The Kier molecular flexibility index (Phi) is 5.01. The van der Waals surface area contributed by atoms with Crippen molar-refractivity contribution in [2.45, 2.75) is 11.4 Å². The van der Waals surface area contributed by atoms with E-state index in [1.165, 1.54) is 18.4 Å². The van der Waals surface area contributed by atoms with Gasteiger partial charge in [-0.3, -0.25) is 9.48 Å². The number of aromatic hydroxyl groups is 1.